The van der Waals surface area contributed by atoms with Crippen LogP contribution < -0.4 is 10.1 Å². The first-order valence-electron chi connectivity index (χ1n) is 11.7. The van der Waals surface area contributed by atoms with Crippen LogP contribution in [0.25, 0.3) is 0 Å². The summed E-state index contributed by atoms with van der Waals surface area (Å²) in [6.45, 7) is 4.94. The van der Waals surface area contributed by atoms with Crippen LogP contribution in [-0.4, -0.2) is 80.6 Å². The number of benzene rings is 1. The van der Waals surface area contributed by atoms with Crippen LogP contribution in [0.3, 0.4) is 0 Å². The van der Waals surface area contributed by atoms with E-state index >= 15 is 0 Å². The number of amides is 1. The Labute approximate surface area is 199 Å². The molecule has 0 spiro atoms. The molecule has 0 atom stereocenters. The van der Waals surface area contributed by atoms with Gasteiger partial charge in [-0.2, -0.15) is 4.31 Å². The van der Waals surface area contributed by atoms with Crippen molar-refractivity contribution in [3.05, 3.63) is 29.1 Å². The molecule has 7 nitrogen and oxygen atoms in total. The number of hydrogen-bond acceptors (Lipinski definition) is 5. The van der Waals surface area contributed by atoms with Gasteiger partial charge in [-0.3, -0.25) is 9.69 Å². The third-order valence-corrected chi connectivity index (χ3v) is 9.04. The maximum absolute atomic E-state index is 14.0. The Kier molecular flexibility index (Phi) is 8.19. The maximum Gasteiger partial charge on any atom is 0.255 e. The van der Waals surface area contributed by atoms with Gasteiger partial charge in [0, 0.05) is 57.2 Å². The largest absolute Gasteiger partial charge is 0.496 e. The summed E-state index contributed by atoms with van der Waals surface area (Å²) in [5.74, 6) is -3.55. The zero-order valence-corrected chi connectivity index (χ0v) is 20.8. The summed E-state index contributed by atoms with van der Waals surface area (Å²) in [6, 6.07) is 2.37. The van der Waals surface area contributed by atoms with Gasteiger partial charge < -0.3 is 10.1 Å². The Morgan fingerprint density at radius 2 is 1.74 bits per heavy atom. The molecule has 11 heteroatoms. The number of methoxy groups -OCH3 is 1. The van der Waals surface area contributed by atoms with Crippen molar-refractivity contribution in [2.24, 2.45) is 0 Å². The van der Waals surface area contributed by atoms with Gasteiger partial charge in [-0.1, -0.05) is 6.92 Å². The van der Waals surface area contributed by atoms with Crippen LogP contribution in [0.2, 0.25) is 0 Å². The zero-order valence-electron chi connectivity index (χ0n) is 20.0. The smallest absolute Gasteiger partial charge is 0.255 e. The van der Waals surface area contributed by atoms with E-state index in [1.54, 1.807) is 6.92 Å². The molecule has 3 rings (SSSR count). The van der Waals surface area contributed by atoms with Crippen LogP contribution in [0.5, 0.6) is 5.75 Å². The third kappa shape index (κ3) is 5.85. The van der Waals surface area contributed by atoms with Crippen molar-refractivity contribution in [2.75, 3.05) is 45.6 Å². The molecule has 1 aliphatic heterocycles. The molecular formula is C23H34F3N3O4S. The highest BCUT2D eigenvalue weighted by atomic mass is 32.2. The average Bonchev–Trinajstić information content (AvgIpc) is 2.78. The molecule has 1 aliphatic carbocycles. The monoisotopic (exact) mass is 505 g/mol. The first kappa shape index (κ1) is 26.7. The first-order chi connectivity index (χ1) is 15.9. The number of carbonyl (C=O) groups is 1. The fourth-order valence-corrected chi connectivity index (χ4v) is 6.50. The lowest BCUT2D eigenvalue weighted by Crippen LogP contribution is -2.63. The Bertz CT molecular complexity index is 985. The number of carbonyl (C=O) groups excluding carboxylic acids is 1. The summed E-state index contributed by atoms with van der Waals surface area (Å²) in [6.07, 6.45) is 0.301. The fraction of sp³-hybridized carbons (Fsp3) is 0.696. The average molecular weight is 506 g/mol. The number of ether oxygens (including phenoxy) is 1. The molecule has 0 radical (unpaired) electrons. The Morgan fingerprint density at radius 1 is 1.12 bits per heavy atom. The summed E-state index contributed by atoms with van der Waals surface area (Å²) in [4.78, 5) is 15.1. The highest BCUT2D eigenvalue weighted by Crippen LogP contribution is 2.42. The molecule has 1 heterocycles. The van der Waals surface area contributed by atoms with Crippen molar-refractivity contribution >= 4 is 15.9 Å². The maximum atomic E-state index is 14.0. The van der Waals surface area contributed by atoms with Gasteiger partial charge in [0.2, 0.25) is 15.9 Å². The minimum Gasteiger partial charge on any atom is -0.496 e. The fourth-order valence-electron chi connectivity index (χ4n) is 5.01. The van der Waals surface area contributed by atoms with E-state index in [4.69, 9.17) is 4.74 Å². The number of halogens is 3. The van der Waals surface area contributed by atoms with Gasteiger partial charge in [-0.15, -0.1) is 0 Å². The molecule has 1 amide bonds. The highest BCUT2D eigenvalue weighted by molar-refractivity contribution is 7.89. The van der Waals surface area contributed by atoms with Gasteiger partial charge in [0.25, 0.3) is 5.91 Å². The molecule has 0 unspecified atom stereocenters. The lowest BCUT2D eigenvalue weighted by atomic mass is 9.78. The van der Waals surface area contributed by atoms with Crippen molar-refractivity contribution in [2.45, 2.75) is 57.4 Å². The second kappa shape index (κ2) is 10.4. The predicted octanol–water partition coefficient (Wildman–Crippen LogP) is 3.18. The lowest BCUT2D eigenvalue weighted by molar-refractivity contribution is -0.0856. The van der Waals surface area contributed by atoms with Gasteiger partial charge in [0.05, 0.1) is 18.4 Å². The van der Waals surface area contributed by atoms with Crippen molar-refractivity contribution in [3.63, 3.8) is 0 Å². The van der Waals surface area contributed by atoms with E-state index in [0.717, 1.165) is 6.07 Å². The van der Waals surface area contributed by atoms with Gasteiger partial charge >= 0.3 is 0 Å². The van der Waals surface area contributed by atoms with Crippen LogP contribution in [-0.2, 0) is 10.0 Å². The van der Waals surface area contributed by atoms with Crippen molar-refractivity contribution in [1.29, 1.82) is 0 Å². The number of nitrogens with zero attached hydrogens (tertiary/aromatic N) is 2. The number of alkyl halides is 2. The van der Waals surface area contributed by atoms with Crippen molar-refractivity contribution in [3.8, 4) is 5.75 Å². The topological polar surface area (TPSA) is 79.0 Å². The minimum absolute atomic E-state index is 0.0826. The molecule has 1 aromatic carbocycles. The van der Waals surface area contributed by atoms with E-state index in [2.05, 4.69) is 10.2 Å². The number of sulfonamides is 1. The zero-order chi connectivity index (χ0) is 25.1. The number of hydrogen-bond donors (Lipinski definition) is 1. The summed E-state index contributed by atoms with van der Waals surface area (Å²) in [5.41, 5.74) is -0.0944. The second-order valence-electron chi connectivity index (χ2n) is 9.27. The molecule has 0 aromatic heterocycles. The minimum atomic E-state index is -3.33. The van der Waals surface area contributed by atoms with Gasteiger partial charge in [0.1, 0.15) is 11.6 Å². The summed E-state index contributed by atoms with van der Waals surface area (Å²) >= 11 is 0. The van der Waals surface area contributed by atoms with Gasteiger partial charge in [-0.05, 0) is 37.8 Å². The Balaban J connectivity index is 1.77. The normalized spacial score (nSPS) is 21.2. The predicted molar refractivity (Wildman–Crippen MR) is 123 cm³/mol. The quantitative estimate of drug-likeness (QED) is 0.587. The molecule has 192 valence electrons. The standard InChI is InChI=1S/C23H34F3N3O4S/c1-4-13-34(31,32)29-11-9-28(10-12-29)22(5-7-23(25,26)8-6-22)16-27-21(30)20-17(2)14-18(24)15-19(20)33-3/h14-15H,4-13,16H2,1-3H3,(H,27,30). The van der Waals surface area contributed by atoms with E-state index in [0.29, 0.717) is 38.2 Å². The molecule has 34 heavy (non-hydrogen) atoms. The van der Waals surface area contributed by atoms with E-state index in [1.165, 1.54) is 17.5 Å². The summed E-state index contributed by atoms with van der Waals surface area (Å²) < 4.78 is 73.3. The van der Waals surface area contributed by atoms with Gasteiger partial charge in [-0.25, -0.2) is 21.6 Å². The van der Waals surface area contributed by atoms with E-state index in [1.807, 2.05) is 6.92 Å². The first-order valence-corrected chi connectivity index (χ1v) is 13.3. The molecule has 0 bridgehead atoms. The number of aryl methyl sites for hydroxylation is 1. The van der Waals surface area contributed by atoms with Crippen LogP contribution in [0.15, 0.2) is 12.1 Å². The summed E-state index contributed by atoms with van der Waals surface area (Å²) in [5, 5.41) is 2.87. The highest BCUT2D eigenvalue weighted by Gasteiger charge is 2.47. The van der Waals surface area contributed by atoms with E-state index < -0.39 is 33.2 Å². The molecule has 1 aromatic rings. The Morgan fingerprint density at radius 3 is 2.29 bits per heavy atom. The molecular weight excluding hydrogens is 471 g/mol. The molecule has 1 saturated carbocycles. The molecule has 2 aliphatic rings. The molecule has 1 N–H and O–H groups in total. The molecule has 2 fully saturated rings. The third-order valence-electron chi connectivity index (χ3n) is 6.97. The van der Waals surface area contributed by atoms with Crippen LogP contribution in [0.1, 0.15) is 54.9 Å². The van der Waals surface area contributed by atoms with Crippen LogP contribution in [0, 0.1) is 12.7 Å². The number of nitrogens with one attached hydrogen (secondary N) is 1. The van der Waals surface area contributed by atoms with Crippen molar-refractivity contribution < 1.29 is 31.1 Å². The van der Waals surface area contributed by atoms with E-state index in [-0.39, 0.29) is 49.3 Å². The lowest BCUT2D eigenvalue weighted by Gasteiger charge is -2.50. The number of rotatable bonds is 8. The van der Waals surface area contributed by atoms with E-state index in [9.17, 15) is 26.4 Å². The van der Waals surface area contributed by atoms with Crippen LogP contribution in [0.4, 0.5) is 13.2 Å². The molecule has 1 saturated heterocycles. The van der Waals surface area contributed by atoms with Crippen LogP contribution >= 0.6 is 0 Å². The second-order valence-corrected chi connectivity index (χ2v) is 11.4. The SMILES string of the molecule is CCCS(=O)(=O)N1CCN(C2(CNC(=O)c3c(C)cc(F)cc3OC)CCC(F)(F)CC2)CC1. The van der Waals surface area contributed by atoms with Crippen molar-refractivity contribution in [1.82, 2.24) is 14.5 Å². The summed E-state index contributed by atoms with van der Waals surface area (Å²) in [7, 11) is -1.98. The Hall–Kier alpha value is -1.85. The number of piperazine rings is 1. The van der Waals surface area contributed by atoms with Gasteiger partial charge in [0.15, 0.2) is 0 Å².